The third-order valence-electron chi connectivity index (χ3n) is 9.17. The number of ether oxygens (including phenoxy) is 3. The van der Waals surface area contributed by atoms with Crippen molar-refractivity contribution in [3.05, 3.63) is 12.7 Å². The van der Waals surface area contributed by atoms with Crippen LogP contribution in [0.15, 0.2) is 12.7 Å². The molecule has 0 aromatic carbocycles. The van der Waals surface area contributed by atoms with Gasteiger partial charge in [0.05, 0.1) is 12.2 Å². The van der Waals surface area contributed by atoms with Crippen molar-refractivity contribution in [2.75, 3.05) is 6.61 Å². The van der Waals surface area contributed by atoms with E-state index < -0.39 is 75.5 Å². The first-order valence-corrected chi connectivity index (χ1v) is 12.0. The molecule has 4 aliphatic rings. The molecule has 0 aromatic heterocycles. The number of hydrogen-bond donors (Lipinski definition) is 3. The van der Waals surface area contributed by atoms with Gasteiger partial charge in [0.25, 0.3) is 0 Å². The van der Waals surface area contributed by atoms with Crippen LogP contribution in [0.1, 0.15) is 60.3 Å². The molecule has 9 nitrogen and oxygen atoms in total. The number of hydrogen-bond acceptors (Lipinski definition) is 9. The second kappa shape index (κ2) is 7.67. The van der Waals surface area contributed by atoms with E-state index in [0.717, 1.165) is 6.08 Å². The molecule has 9 atom stereocenters. The number of carbonyl (C=O) groups is 3. The second-order valence-corrected chi connectivity index (χ2v) is 11.5. The molecular formula is C25H36O9. The maximum absolute atomic E-state index is 13.8. The molecule has 0 radical (unpaired) electrons. The van der Waals surface area contributed by atoms with Crippen molar-refractivity contribution in [2.24, 2.45) is 16.7 Å². The van der Waals surface area contributed by atoms with Crippen LogP contribution in [0.4, 0.5) is 0 Å². The molecule has 3 N–H and O–H groups in total. The number of aliphatic hydroxyl groups is 3. The molecule has 2 heterocycles. The maximum Gasteiger partial charge on any atom is 0.335 e. The van der Waals surface area contributed by atoms with Gasteiger partial charge in [-0.25, -0.2) is 4.79 Å². The minimum absolute atomic E-state index is 0.242. The highest BCUT2D eigenvalue weighted by Gasteiger charge is 2.83. The van der Waals surface area contributed by atoms with Gasteiger partial charge in [0.15, 0.2) is 23.4 Å². The van der Waals surface area contributed by atoms with E-state index in [1.54, 1.807) is 0 Å². The maximum atomic E-state index is 13.8. The molecular weight excluding hydrogens is 444 g/mol. The number of aliphatic hydroxyl groups excluding tert-OH is 2. The van der Waals surface area contributed by atoms with Gasteiger partial charge in [-0.05, 0) is 44.9 Å². The van der Waals surface area contributed by atoms with Crippen LogP contribution in [-0.2, 0) is 28.6 Å². The quantitative estimate of drug-likeness (QED) is 0.305. The fraction of sp³-hybridized carbons (Fsp3) is 0.800. The first kappa shape index (κ1) is 25.4. The molecule has 0 aromatic rings. The Morgan fingerprint density at radius 3 is 2.32 bits per heavy atom. The standard InChI is InChI=1S/C25H36O9/c1-7-22(4)17(28)18(29)25(31)23(5)14(26)10-11-21(2,3)16(23)15(27)19(24(25,6)34-22)33-20(30)13-9-8-12-32-13/h7,13-16,19,26-27,31H,1,8-12H2,2-6H3/t13?,14-,15-,16-,19-,22-,23-,24+,25-/m0/s1. The lowest BCUT2D eigenvalue weighted by atomic mass is 9.39. The van der Waals surface area contributed by atoms with Gasteiger partial charge in [0, 0.05) is 17.9 Å². The zero-order chi connectivity index (χ0) is 25.5. The van der Waals surface area contributed by atoms with E-state index in [-0.39, 0.29) is 6.42 Å². The summed E-state index contributed by atoms with van der Waals surface area (Å²) in [5.74, 6) is -3.81. The Bertz CT molecular complexity index is 923. The van der Waals surface area contributed by atoms with Crippen LogP contribution in [0.2, 0.25) is 0 Å². The number of esters is 1. The van der Waals surface area contributed by atoms with Crippen LogP contribution >= 0.6 is 0 Å². The van der Waals surface area contributed by atoms with E-state index in [1.165, 1.54) is 20.8 Å². The van der Waals surface area contributed by atoms with Crippen molar-refractivity contribution >= 4 is 17.5 Å². The average molecular weight is 481 g/mol. The van der Waals surface area contributed by atoms with Gasteiger partial charge in [0.1, 0.15) is 5.60 Å². The largest absolute Gasteiger partial charge is 0.454 e. The Hall–Kier alpha value is -1.65. The normalized spacial score (nSPS) is 50.3. The van der Waals surface area contributed by atoms with Crippen molar-refractivity contribution < 1.29 is 43.9 Å². The minimum Gasteiger partial charge on any atom is -0.454 e. The molecule has 9 heteroatoms. The highest BCUT2D eigenvalue weighted by molar-refractivity contribution is 6.44. The minimum atomic E-state index is -2.60. The summed E-state index contributed by atoms with van der Waals surface area (Å²) in [5, 5.41) is 35.3. The molecule has 1 unspecified atom stereocenters. The number of carbonyl (C=O) groups excluding carboxylic acids is 3. The molecule has 4 rings (SSSR count). The van der Waals surface area contributed by atoms with Gasteiger partial charge >= 0.3 is 5.97 Å². The Morgan fingerprint density at radius 2 is 1.76 bits per heavy atom. The summed E-state index contributed by atoms with van der Waals surface area (Å²) in [6.45, 7) is 11.9. The van der Waals surface area contributed by atoms with E-state index >= 15 is 0 Å². The van der Waals surface area contributed by atoms with Crippen molar-refractivity contribution in [1.82, 2.24) is 0 Å². The summed E-state index contributed by atoms with van der Waals surface area (Å²) in [6.07, 6.45) is -2.01. The van der Waals surface area contributed by atoms with Gasteiger partial charge in [-0.3, -0.25) is 9.59 Å². The van der Waals surface area contributed by atoms with E-state index in [9.17, 15) is 29.7 Å². The van der Waals surface area contributed by atoms with E-state index in [0.29, 0.717) is 25.9 Å². The topological polar surface area (TPSA) is 140 Å². The zero-order valence-corrected chi connectivity index (χ0v) is 20.5. The fourth-order valence-electron chi connectivity index (χ4n) is 7.27. The number of Topliss-reactive ketones (excluding diaryl/α,β-unsaturated/α-hetero) is 2. The van der Waals surface area contributed by atoms with Crippen LogP contribution in [-0.4, -0.2) is 80.7 Å². The Balaban J connectivity index is 1.94. The molecule has 34 heavy (non-hydrogen) atoms. The smallest absolute Gasteiger partial charge is 0.335 e. The molecule has 2 saturated carbocycles. The summed E-state index contributed by atoms with van der Waals surface area (Å²) >= 11 is 0. The highest BCUT2D eigenvalue weighted by Crippen LogP contribution is 2.66. The summed E-state index contributed by atoms with van der Waals surface area (Å²) < 4.78 is 17.4. The molecule has 0 spiro atoms. The monoisotopic (exact) mass is 480 g/mol. The highest BCUT2D eigenvalue weighted by atomic mass is 16.6. The summed E-state index contributed by atoms with van der Waals surface area (Å²) in [5.41, 5.74) is -8.85. The Kier molecular flexibility index (Phi) is 5.74. The second-order valence-electron chi connectivity index (χ2n) is 11.5. The summed E-state index contributed by atoms with van der Waals surface area (Å²) in [7, 11) is 0. The summed E-state index contributed by atoms with van der Waals surface area (Å²) in [6, 6.07) is 0. The average Bonchev–Trinajstić information content (AvgIpc) is 3.31. The molecule has 2 aliphatic heterocycles. The molecule has 2 aliphatic carbocycles. The van der Waals surface area contributed by atoms with Gasteiger partial charge < -0.3 is 29.5 Å². The lowest BCUT2D eigenvalue weighted by Gasteiger charge is -2.70. The zero-order valence-electron chi connectivity index (χ0n) is 20.5. The lowest BCUT2D eigenvalue weighted by Crippen LogP contribution is -2.88. The predicted molar refractivity (Wildman–Crippen MR) is 119 cm³/mol. The van der Waals surface area contributed by atoms with Crippen LogP contribution in [0.25, 0.3) is 0 Å². The lowest BCUT2D eigenvalue weighted by molar-refractivity contribution is -0.363. The van der Waals surface area contributed by atoms with E-state index in [2.05, 4.69) is 6.58 Å². The molecule has 0 amide bonds. The van der Waals surface area contributed by atoms with Crippen LogP contribution in [0.3, 0.4) is 0 Å². The predicted octanol–water partition coefficient (Wildman–Crippen LogP) is 0.858. The Morgan fingerprint density at radius 1 is 1.12 bits per heavy atom. The number of ketones is 2. The third kappa shape index (κ3) is 2.94. The molecule has 2 saturated heterocycles. The number of fused-ring (bicyclic) bond motifs is 3. The van der Waals surface area contributed by atoms with Gasteiger partial charge in [-0.15, -0.1) is 0 Å². The summed E-state index contributed by atoms with van der Waals surface area (Å²) in [4.78, 5) is 40.0. The van der Waals surface area contributed by atoms with Crippen LogP contribution < -0.4 is 0 Å². The van der Waals surface area contributed by atoms with Crippen LogP contribution in [0.5, 0.6) is 0 Å². The van der Waals surface area contributed by atoms with Crippen molar-refractivity contribution in [3.63, 3.8) is 0 Å². The van der Waals surface area contributed by atoms with Crippen LogP contribution in [0, 0.1) is 16.7 Å². The Labute approximate surface area is 199 Å². The van der Waals surface area contributed by atoms with E-state index in [1.807, 2.05) is 13.8 Å². The van der Waals surface area contributed by atoms with E-state index in [4.69, 9.17) is 14.2 Å². The van der Waals surface area contributed by atoms with Gasteiger partial charge in [-0.1, -0.05) is 33.4 Å². The van der Waals surface area contributed by atoms with Crippen molar-refractivity contribution in [2.45, 2.75) is 102 Å². The molecule has 4 fully saturated rings. The molecule has 190 valence electrons. The first-order chi connectivity index (χ1) is 15.6. The fourth-order valence-corrected chi connectivity index (χ4v) is 7.27. The van der Waals surface area contributed by atoms with Crippen molar-refractivity contribution in [3.8, 4) is 0 Å². The number of rotatable bonds is 3. The third-order valence-corrected chi connectivity index (χ3v) is 9.17. The molecule has 0 bridgehead atoms. The van der Waals surface area contributed by atoms with Crippen molar-refractivity contribution in [1.29, 1.82) is 0 Å². The SMILES string of the molecule is C=C[C@]1(C)O[C@]2(C)[C@@H](OC(=O)C3CCCO3)[C@@H](O)[C@H]3C(C)(C)CC[C@H](O)[C@]3(C)[C@@]2(O)C(=O)C1=O. The first-order valence-electron chi connectivity index (χ1n) is 12.0. The van der Waals surface area contributed by atoms with Gasteiger partial charge in [0.2, 0.25) is 11.6 Å². The van der Waals surface area contributed by atoms with Gasteiger partial charge in [-0.2, -0.15) is 0 Å².